The number of nitrogens with zero attached hydrogens (tertiary/aromatic N) is 1. The lowest BCUT2D eigenvalue weighted by molar-refractivity contribution is 0.717. The normalized spacial score (nSPS) is 12.6. The van der Waals surface area contributed by atoms with Gasteiger partial charge in [-0.15, -0.1) is 0 Å². The molecule has 0 amide bonds. The van der Waals surface area contributed by atoms with E-state index in [0.29, 0.717) is 0 Å². The number of nitrogens with two attached hydrogens (primary N) is 1. The summed E-state index contributed by atoms with van der Waals surface area (Å²) in [5, 5.41) is 0. The summed E-state index contributed by atoms with van der Waals surface area (Å²) >= 11 is 0. The van der Waals surface area contributed by atoms with Crippen molar-refractivity contribution >= 4 is 5.69 Å². The molecule has 2 N–H and O–H groups in total. The van der Waals surface area contributed by atoms with Crippen molar-refractivity contribution in [2.24, 2.45) is 5.73 Å². The Morgan fingerprint density at radius 3 is 2.14 bits per heavy atom. The van der Waals surface area contributed by atoms with E-state index in [4.69, 9.17) is 5.73 Å². The second-order valence-corrected chi connectivity index (χ2v) is 4.20. The summed E-state index contributed by atoms with van der Waals surface area (Å²) in [6, 6.07) is 6.77. The van der Waals surface area contributed by atoms with Crippen LogP contribution in [-0.4, -0.2) is 19.6 Å². The van der Waals surface area contributed by atoms with Crippen LogP contribution in [-0.2, 0) is 0 Å². The van der Waals surface area contributed by atoms with Crippen LogP contribution in [0.2, 0.25) is 0 Å². The van der Waals surface area contributed by atoms with Crippen LogP contribution in [0.3, 0.4) is 0 Å². The molecule has 0 fully saturated rings. The largest absolute Gasteiger partial charge is 0.373 e. The van der Waals surface area contributed by atoms with Crippen LogP contribution >= 0.6 is 0 Å². The van der Waals surface area contributed by atoms with Gasteiger partial charge in [0.05, 0.1) is 0 Å². The first kappa shape index (κ1) is 11.1. The molecule has 1 rings (SSSR count). The van der Waals surface area contributed by atoms with Gasteiger partial charge in [-0.1, -0.05) is 6.07 Å². The maximum absolute atomic E-state index is 5.77. The third kappa shape index (κ3) is 3.04. The molecule has 1 aromatic carbocycles. The molecule has 0 radical (unpaired) electrons. The zero-order chi connectivity index (χ0) is 10.7. The highest BCUT2D eigenvalue weighted by atomic mass is 15.1. The summed E-state index contributed by atoms with van der Waals surface area (Å²) < 4.78 is 0. The van der Waals surface area contributed by atoms with Crippen LogP contribution in [0.4, 0.5) is 5.69 Å². The van der Waals surface area contributed by atoms with E-state index in [0.717, 1.165) is 6.54 Å². The number of anilines is 1. The monoisotopic (exact) mass is 192 g/mol. The first-order valence-corrected chi connectivity index (χ1v) is 5.04. The van der Waals surface area contributed by atoms with Crippen LogP contribution in [0.25, 0.3) is 0 Å². The molecule has 78 valence electrons. The molecule has 0 spiro atoms. The molecule has 1 atom stereocenters. The third-order valence-corrected chi connectivity index (χ3v) is 2.21. The predicted molar refractivity (Wildman–Crippen MR) is 62.8 cm³/mol. The zero-order valence-electron chi connectivity index (χ0n) is 9.54. The lowest BCUT2D eigenvalue weighted by Gasteiger charge is -2.22. The van der Waals surface area contributed by atoms with Gasteiger partial charge in [-0.3, -0.25) is 0 Å². The van der Waals surface area contributed by atoms with Crippen LogP contribution in [0.5, 0.6) is 0 Å². The van der Waals surface area contributed by atoms with Crippen molar-refractivity contribution in [1.29, 1.82) is 0 Å². The van der Waals surface area contributed by atoms with Crippen molar-refractivity contribution in [2.75, 3.05) is 18.5 Å². The highest BCUT2D eigenvalue weighted by molar-refractivity contribution is 5.50. The van der Waals surface area contributed by atoms with Crippen molar-refractivity contribution in [3.8, 4) is 0 Å². The summed E-state index contributed by atoms with van der Waals surface area (Å²) in [4.78, 5) is 2.20. The van der Waals surface area contributed by atoms with E-state index in [1.807, 2.05) is 6.92 Å². The van der Waals surface area contributed by atoms with E-state index in [-0.39, 0.29) is 6.04 Å². The third-order valence-electron chi connectivity index (χ3n) is 2.21. The summed E-state index contributed by atoms with van der Waals surface area (Å²) in [5.41, 5.74) is 9.62. The molecule has 2 nitrogen and oxygen atoms in total. The molecule has 0 aromatic heterocycles. The van der Waals surface area contributed by atoms with Gasteiger partial charge in [-0.2, -0.15) is 0 Å². The van der Waals surface area contributed by atoms with Crippen LogP contribution in [0, 0.1) is 13.8 Å². The predicted octanol–water partition coefficient (Wildman–Crippen LogP) is 2.09. The number of hydrogen-bond acceptors (Lipinski definition) is 2. The first-order valence-electron chi connectivity index (χ1n) is 5.04. The number of likely N-dealkylation sites (N-methyl/N-ethyl adjacent to an activating group) is 1. The van der Waals surface area contributed by atoms with Gasteiger partial charge in [-0.05, 0) is 44.0 Å². The molecule has 0 aliphatic heterocycles. The standard InChI is InChI=1S/C12H20N2/c1-9-5-10(2)7-12(6-9)14(4)8-11(3)13/h5-7,11H,8,13H2,1-4H3. The van der Waals surface area contributed by atoms with E-state index in [1.54, 1.807) is 0 Å². The highest BCUT2D eigenvalue weighted by Gasteiger charge is 2.04. The number of rotatable bonds is 3. The summed E-state index contributed by atoms with van der Waals surface area (Å²) in [6.45, 7) is 7.16. The minimum absolute atomic E-state index is 0.209. The molecule has 1 aromatic rings. The zero-order valence-corrected chi connectivity index (χ0v) is 9.54. The van der Waals surface area contributed by atoms with E-state index in [9.17, 15) is 0 Å². The van der Waals surface area contributed by atoms with Crippen molar-refractivity contribution in [1.82, 2.24) is 0 Å². The van der Waals surface area contributed by atoms with Crippen LogP contribution in [0.15, 0.2) is 18.2 Å². The van der Waals surface area contributed by atoms with Crippen LogP contribution < -0.4 is 10.6 Å². The minimum atomic E-state index is 0.209. The molecule has 0 aliphatic carbocycles. The van der Waals surface area contributed by atoms with Crippen LogP contribution in [0.1, 0.15) is 18.1 Å². The first-order chi connectivity index (χ1) is 6.49. The van der Waals surface area contributed by atoms with Gasteiger partial charge >= 0.3 is 0 Å². The lowest BCUT2D eigenvalue weighted by Crippen LogP contribution is -2.32. The maximum Gasteiger partial charge on any atom is 0.0369 e. The van der Waals surface area contributed by atoms with Crippen molar-refractivity contribution in [3.63, 3.8) is 0 Å². The number of benzene rings is 1. The number of aryl methyl sites for hydroxylation is 2. The van der Waals surface area contributed by atoms with Gasteiger partial charge in [-0.25, -0.2) is 0 Å². The van der Waals surface area contributed by atoms with Gasteiger partial charge in [0.15, 0.2) is 0 Å². The van der Waals surface area contributed by atoms with Gasteiger partial charge in [0.1, 0.15) is 0 Å². The fourth-order valence-electron chi connectivity index (χ4n) is 1.71. The Labute approximate surface area is 86.7 Å². The van der Waals surface area contributed by atoms with Crippen molar-refractivity contribution in [3.05, 3.63) is 29.3 Å². The maximum atomic E-state index is 5.77. The summed E-state index contributed by atoms with van der Waals surface area (Å²) in [5.74, 6) is 0. The molecule has 2 heteroatoms. The molecule has 0 aliphatic rings. The summed E-state index contributed by atoms with van der Waals surface area (Å²) in [6.07, 6.45) is 0. The van der Waals surface area contributed by atoms with Gasteiger partial charge < -0.3 is 10.6 Å². The smallest absolute Gasteiger partial charge is 0.0369 e. The van der Waals surface area contributed by atoms with Gasteiger partial charge in [0.2, 0.25) is 0 Å². The molecule has 0 heterocycles. The van der Waals surface area contributed by atoms with E-state index in [2.05, 4.69) is 44.0 Å². The Kier molecular flexibility index (Phi) is 3.53. The highest BCUT2D eigenvalue weighted by Crippen LogP contribution is 2.17. The average Bonchev–Trinajstić information content (AvgIpc) is 2.00. The molecular formula is C12H20N2. The van der Waals surface area contributed by atoms with E-state index in [1.165, 1.54) is 16.8 Å². The molecule has 0 saturated carbocycles. The second kappa shape index (κ2) is 4.47. The molecule has 0 saturated heterocycles. The lowest BCUT2D eigenvalue weighted by atomic mass is 10.1. The minimum Gasteiger partial charge on any atom is -0.373 e. The average molecular weight is 192 g/mol. The Balaban J connectivity index is 2.84. The van der Waals surface area contributed by atoms with Gasteiger partial charge in [0.25, 0.3) is 0 Å². The summed E-state index contributed by atoms with van der Waals surface area (Å²) in [7, 11) is 2.08. The topological polar surface area (TPSA) is 29.3 Å². The van der Waals surface area contributed by atoms with E-state index < -0.39 is 0 Å². The van der Waals surface area contributed by atoms with Gasteiger partial charge in [0, 0.05) is 25.3 Å². The SMILES string of the molecule is Cc1cc(C)cc(N(C)CC(C)N)c1. The fraction of sp³-hybridized carbons (Fsp3) is 0.500. The quantitative estimate of drug-likeness (QED) is 0.794. The van der Waals surface area contributed by atoms with E-state index >= 15 is 0 Å². The number of hydrogen-bond donors (Lipinski definition) is 1. The molecular weight excluding hydrogens is 172 g/mol. The molecule has 0 bridgehead atoms. The second-order valence-electron chi connectivity index (χ2n) is 4.20. The Bertz CT molecular complexity index is 285. The Morgan fingerprint density at radius 1 is 1.21 bits per heavy atom. The fourth-order valence-corrected chi connectivity index (χ4v) is 1.71. The van der Waals surface area contributed by atoms with Crippen molar-refractivity contribution < 1.29 is 0 Å². The van der Waals surface area contributed by atoms with Crippen molar-refractivity contribution in [2.45, 2.75) is 26.8 Å². The Morgan fingerprint density at radius 2 is 1.71 bits per heavy atom. The molecule has 1 unspecified atom stereocenters. The Hall–Kier alpha value is -1.02. The molecule has 14 heavy (non-hydrogen) atoms.